The molecule has 0 rings (SSSR count). The van der Waals surface area contributed by atoms with Gasteiger partial charge in [-0.2, -0.15) is 0 Å². The largest absolute Gasteiger partial charge is 0.480 e. The third-order valence-corrected chi connectivity index (χ3v) is 5.42. The first kappa shape index (κ1) is 43.5. The fraction of sp³-hybridized carbons (Fsp3) is 0.933. The Bertz CT molecular complexity index is 612. The number of carbonyl (C=O) groups excluding carboxylic acids is 1. The number of unbranched alkanes of at least 4 members (excludes halogenated alkanes) is 2. The number of hydrogen-bond acceptors (Lipinski definition) is 14. The molecule has 268 valence electrons. The maximum Gasteiger partial charge on any atom is 0.329 e. The molecule has 0 saturated heterocycles. The molecule has 0 heterocycles. The first-order valence-electron chi connectivity index (χ1n) is 15.9. The van der Waals surface area contributed by atoms with Crippen LogP contribution in [0.1, 0.15) is 32.6 Å². The molecule has 0 amide bonds. The Morgan fingerprint density at radius 2 is 0.667 bits per heavy atom. The lowest BCUT2D eigenvalue weighted by atomic mass is 10.2. The highest BCUT2D eigenvalue weighted by Crippen LogP contribution is 2.00. The second-order valence-electron chi connectivity index (χ2n) is 9.25. The maximum atomic E-state index is 11.4. The normalized spacial score (nSPS) is 11.3. The van der Waals surface area contributed by atoms with Crippen LogP contribution in [0.5, 0.6) is 0 Å². The second-order valence-corrected chi connectivity index (χ2v) is 9.25. The SMILES string of the molecule is CCCCCC(=O)OCCOCCOCCOCCOCCOCCOCCOCCOCCOCCOCCOCC(=O)O. The Morgan fingerprint density at radius 3 is 0.933 bits per heavy atom. The molecule has 15 nitrogen and oxygen atoms in total. The minimum absolute atomic E-state index is 0.165. The number of carboxylic acids is 1. The van der Waals surface area contributed by atoms with Gasteiger partial charge in [0.05, 0.1) is 139 Å². The molecule has 0 unspecified atom stereocenters. The van der Waals surface area contributed by atoms with Gasteiger partial charge in [0.15, 0.2) is 0 Å². The molecule has 0 aliphatic carbocycles. The zero-order valence-electron chi connectivity index (χ0n) is 27.3. The number of hydrogen-bond donors (Lipinski definition) is 1. The predicted octanol–water partition coefficient (Wildman–Crippen LogP) is 1.38. The van der Waals surface area contributed by atoms with Crippen LogP contribution in [0.2, 0.25) is 0 Å². The van der Waals surface area contributed by atoms with Crippen LogP contribution >= 0.6 is 0 Å². The van der Waals surface area contributed by atoms with Crippen molar-refractivity contribution in [1.82, 2.24) is 0 Å². The molecular weight excluding hydrogens is 600 g/mol. The Labute approximate surface area is 268 Å². The summed E-state index contributed by atoms with van der Waals surface area (Å²) in [6.45, 7) is 11.4. The van der Waals surface area contributed by atoms with E-state index in [-0.39, 0.29) is 25.8 Å². The molecule has 0 aromatic heterocycles. The molecule has 1 N–H and O–H groups in total. The molecule has 0 aliphatic heterocycles. The smallest absolute Gasteiger partial charge is 0.329 e. The van der Waals surface area contributed by atoms with E-state index in [4.69, 9.17) is 61.9 Å². The van der Waals surface area contributed by atoms with E-state index in [9.17, 15) is 9.59 Å². The van der Waals surface area contributed by atoms with Gasteiger partial charge in [-0.25, -0.2) is 4.79 Å². The molecule has 0 aromatic rings. The van der Waals surface area contributed by atoms with Crippen molar-refractivity contribution in [2.45, 2.75) is 32.6 Å². The molecule has 0 aromatic carbocycles. The maximum absolute atomic E-state index is 11.4. The van der Waals surface area contributed by atoms with Gasteiger partial charge >= 0.3 is 11.9 Å². The zero-order valence-corrected chi connectivity index (χ0v) is 27.3. The summed E-state index contributed by atoms with van der Waals surface area (Å²) in [6.07, 6.45) is 3.47. The summed E-state index contributed by atoms with van der Waals surface area (Å²) in [7, 11) is 0. The Kier molecular flexibility index (Phi) is 37.4. The van der Waals surface area contributed by atoms with Crippen LogP contribution in [-0.2, 0) is 66.4 Å². The molecule has 45 heavy (non-hydrogen) atoms. The van der Waals surface area contributed by atoms with Crippen molar-refractivity contribution in [1.29, 1.82) is 0 Å². The Hall–Kier alpha value is -1.50. The second kappa shape index (κ2) is 38.7. The van der Waals surface area contributed by atoms with Gasteiger partial charge in [-0.15, -0.1) is 0 Å². The van der Waals surface area contributed by atoms with E-state index in [1.54, 1.807) is 0 Å². The fourth-order valence-electron chi connectivity index (χ4n) is 3.16. The van der Waals surface area contributed by atoms with Crippen LogP contribution in [0.4, 0.5) is 0 Å². The summed E-state index contributed by atoms with van der Waals surface area (Å²) in [4.78, 5) is 21.7. The lowest BCUT2D eigenvalue weighted by molar-refractivity contribution is -0.145. The molecule has 15 heteroatoms. The molecular formula is C30H58O15. The van der Waals surface area contributed by atoms with Gasteiger partial charge in [0.1, 0.15) is 13.2 Å². The third kappa shape index (κ3) is 40.5. The summed E-state index contributed by atoms with van der Waals surface area (Å²) < 4.78 is 64.0. The average molecular weight is 659 g/mol. The van der Waals surface area contributed by atoms with Crippen LogP contribution in [0.15, 0.2) is 0 Å². The lowest BCUT2D eigenvalue weighted by Gasteiger charge is -2.09. The van der Waals surface area contributed by atoms with Crippen molar-refractivity contribution < 1.29 is 71.5 Å². The van der Waals surface area contributed by atoms with Gasteiger partial charge in [-0.05, 0) is 6.42 Å². The van der Waals surface area contributed by atoms with Crippen LogP contribution in [0.3, 0.4) is 0 Å². The van der Waals surface area contributed by atoms with E-state index in [0.29, 0.717) is 139 Å². The number of rotatable bonds is 39. The highest BCUT2D eigenvalue weighted by Gasteiger charge is 2.02. The molecule has 0 radical (unpaired) electrons. The molecule has 0 spiro atoms. The number of esters is 1. The monoisotopic (exact) mass is 658 g/mol. The highest BCUT2D eigenvalue weighted by molar-refractivity contribution is 5.69. The van der Waals surface area contributed by atoms with Crippen molar-refractivity contribution in [3.63, 3.8) is 0 Å². The first-order valence-corrected chi connectivity index (χ1v) is 15.9. The lowest BCUT2D eigenvalue weighted by Crippen LogP contribution is -2.16. The van der Waals surface area contributed by atoms with E-state index in [0.717, 1.165) is 19.3 Å². The predicted molar refractivity (Wildman–Crippen MR) is 162 cm³/mol. The van der Waals surface area contributed by atoms with Crippen LogP contribution in [0, 0.1) is 0 Å². The van der Waals surface area contributed by atoms with Crippen molar-refractivity contribution in [3.05, 3.63) is 0 Å². The summed E-state index contributed by atoms with van der Waals surface area (Å²) in [5.41, 5.74) is 0. The van der Waals surface area contributed by atoms with Gasteiger partial charge < -0.3 is 61.9 Å². The van der Waals surface area contributed by atoms with E-state index in [1.165, 1.54) is 0 Å². The van der Waals surface area contributed by atoms with E-state index in [2.05, 4.69) is 6.92 Å². The van der Waals surface area contributed by atoms with Crippen molar-refractivity contribution in [2.24, 2.45) is 0 Å². The van der Waals surface area contributed by atoms with Crippen LogP contribution in [0.25, 0.3) is 0 Å². The topological polar surface area (TPSA) is 165 Å². The van der Waals surface area contributed by atoms with Crippen molar-refractivity contribution in [3.8, 4) is 0 Å². The van der Waals surface area contributed by atoms with Crippen LogP contribution in [-0.4, -0.2) is 169 Å². The van der Waals surface area contributed by atoms with Crippen molar-refractivity contribution >= 4 is 11.9 Å². The molecule has 0 atom stereocenters. The fourth-order valence-corrected chi connectivity index (χ4v) is 3.16. The molecule has 0 saturated carbocycles. The van der Waals surface area contributed by atoms with E-state index < -0.39 is 5.97 Å². The summed E-state index contributed by atoms with van der Waals surface area (Å²) in [5, 5.41) is 8.42. The Balaban J connectivity index is 3.08. The average Bonchev–Trinajstić information content (AvgIpc) is 3.03. The van der Waals surface area contributed by atoms with Gasteiger partial charge in [0.2, 0.25) is 0 Å². The van der Waals surface area contributed by atoms with Gasteiger partial charge in [0, 0.05) is 6.42 Å². The van der Waals surface area contributed by atoms with Gasteiger partial charge in [-0.3, -0.25) is 4.79 Å². The third-order valence-electron chi connectivity index (χ3n) is 5.42. The van der Waals surface area contributed by atoms with Crippen LogP contribution < -0.4 is 0 Å². The standard InChI is InChI=1S/C30H58O15/c1-2-3-4-5-30(33)45-27-26-43-23-22-41-19-18-39-15-14-37-11-10-35-7-6-34-8-9-36-12-13-38-16-17-40-20-21-42-24-25-44-28-29(31)32/h2-28H2,1H3,(H,31,32). The Morgan fingerprint density at radius 1 is 0.400 bits per heavy atom. The summed E-state index contributed by atoms with van der Waals surface area (Å²) in [5.74, 6) is -1.16. The first-order chi connectivity index (χ1) is 22.2. The quantitative estimate of drug-likeness (QED) is 0.0743. The highest BCUT2D eigenvalue weighted by atomic mass is 16.6. The number of ether oxygens (including phenoxy) is 12. The molecule has 0 aliphatic rings. The van der Waals surface area contributed by atoms with Gasteiger partial charge in [0.25, 0.3) is 0 Å². The van der Waals surface area contributed by atoms with E-state index in [1.807, 2.05) is 0 Å². The van der Waals surface area contributed by atoms with Gasteiger partial charge in [-0.1, -0.05) is 19.8 Å². The molecule has 0 fully saturated rings. The van der Waals surface area contributed by atoms with Crippen molar-refractivity contribution in [2.75, 3.05) is 152 Å². The minimum atomic E-state index is -0.998. The minimum Gasteiger partial charge on any atom is -0.480 e. The number of carbonyl (C=O) groups is 2. The summed E-state index contributed by atoms with van der Waals surface area (Å²) in [6, 6.07) is 0. The number of aliphatic carboxylic acids is 1. The van der Waals surface area contributed by atoms with E-state index >= 15 is 0 Å². The molecule has 0 bridgehead atoms. The zero-order chi connectivity index (χ0) is 32.7. The summed E-state index contributed by atoms with van der Waals surface area (Å²) >= 11 is 0. The number of carboxylic acid groups (broad SMARTS) is 1.